The summed E-state index contributed by atoms with van der Waals surface area (Å²) < 4.78 is 70.5. The second-order valence-electron chi connectivity index (χ2n) is 7.65. The molecule has 0 radical (unpaired) electrons. The lowest BCUT2D eigenvalue weighted by molar-refractivity contribution is -0.229. The van der Waals surface area contributed by atoms with Gasteiger partial charge in [-0.05, 0) is 36.8 Å². The zero-order valence-corrected chi connectivity index (χ0v) is 19.2. The molecule has 0 bridgehead atoms. The van der Waals surface area contributed by atoms with E-state index in [2.05, 4.69) is 4.98 Å². The predicted molar refractivity (Wildman–Crippen MR) is 122 cm³/mol. The minimum absolute atomic E-state index is 0.0104. The minimum Gasteiger partial charge on any atom is -0.489 e. The summed E-state index contributed by atoms with van der Waals surface area (Å²) in [7, 11) is 0. The Bertz CT molecular complexity index is 1170. The highest BCUT2D eigenvalue weighted by Gasteiger charge is 2.50. The van der Waals surface area contributed by atoms with Crippen LogP contribution in [0.4, 0.5) is 28.9 Å². The van der Waals surface area contributed by atoms with E-state index < -0.39 is 31.8 Å². The molecule has 182 valence electrons. The maximum Gasteiger partial charge on any atom is 0.260 e. The lowest BCUT2D eigenvalue weighted by Gasteiger charge is -2.40. The molecule has 0 N–H and O–H groups in total. The summed E-state index contributed by atoms with van der Waals surface area (Å²) >= 11 is 6.58. The van der Waals surface area contributed by atoms with Crippen molar-refractivity contribution in [2.24, 2.45) is 0 Å². The van der Waals surface area contributed by atoms with Gasteiger partial charge in [-0.2, -0.15) is 0 Å². The largest absolute Gasteiger partial charge is 0.489 e. The Balaban J connectivity index is 2.00. The highest BCUT2D eigenvalue weighted by Crippen LogP contribution is 2.52. The second-order valence-corrected chi connectivity index (χ2v) is 8.01. The average Bonchev–Trinajstić information content (AvgIpc) is 3.16. The minimum atomic E-state index is -1.65. The number of halogens is 5. The number of ether oxygens (including phenoxy) is 3. The van der Waals surface area contributed by atoms with Gasteiger partial charge in [0, 0.05) is 16.6 Å². The van der Waals surface area contributed by atoms with Crippen molar-refractivity contribution in [2.75, 3.05) is 44.7 Å². The normalized spacial score (nSPS) is 14.6. The molecule has 0 unspecified atom stereocenters. The van der Waals surface area contributed by atoms with E-state index in [1.54, 1.807) is 30.0 Å². The van der Waals surface area contributed by atoms with Crippen molar-refractivity contribution in [1.82, 2.24) is 4.98 Å². The third-order valence-corrected chi connectivity index (χ3v) is 5.82. The van der Waals surface area contributed by atoms with Crippen LogP contribution in [0, 0.1) is 12.7 Å². The van der Waals surface area contributed by atoms with Gasteiger partial charge in [0.15, 0.2) is 0 Å². The fourth-order valence-electron chi connectivity index (χ4n) is 4.25. The van der Waals surface area contributed by atoms with Crippen LogP contribution < -0.4 is 9.64 Å². The summed E-state index contributed by atoms with van der Waals surface area (Å²) in [5, 5.41) is 0.687. The Labute approximate surface area is 199 Å². The number of anilines is 2. The summed E-state index contributed by atoms with van der Waals surface area (Å²) in [4.78, 5) is 6.10. The smallest absolute Gasteiger partial charge is 0.260 e. The number of pyridine rings is 1. The number of aryl methyl sites for hydroxylation is 1. The Morgan fingerprint density at radius 1 is 1.03 bits per heavy atom. The third kappa shape index (κ3) is 4.39. The number of benzene rings is 2. The van der Waals surface area contributed by atoms with Gasteiger partial charge in [-0.15, -0.1) is 0 Å². The number of nitrogens with zero attached hydrogens (tertiary/aromatic N) is 2. The van der Waals surface area contributed by atoms with Gasteiger partial charge in [0.25, 0.3) is 5.91 Å². The molecular formula is C24H23ClF4N2O3. The highest BCUT2D eigenvalue weighted by atomic mass is 35.5. The second kappa shape index (κ2) is 10.3. The first-order chi connectivity index (χ1) is 16.5. The predicted octanol–water partition coefficient (Wildman–Crippen LogP) is 6.00. The van der Waals surface area contributed by atoms with Gasteiger partial charge in [-0.25, -0.2) is 22.5 Å². The van der Waals surface area contributed by atoms with E-state index in [0.717, 1.165) is 0 Å². The maximum absolute atomic E-state index is 14.0. The van der Waals surface area contributed by atoms with Gasteiger partial charge in [-0.1, -0.05) is 23.7 Å². The van der Waals surface area contributed by atoms with Crippen LogP contribution in [0.5, 0.6) is 5.75 Å². The van der Waals surface area contributed by atoms with Gasteiger partial charge in [0.1, 0.15) is 48.9 Å². The Hall–Kier alpha value is -2.62. The van der Waals surface area contributed by atoms with Crippen LogP contribution in [0.2, 0.25) is 5.15 Å². The molecule has 0 saturated carbocycles. The quantitative estimate of drug-likeness (QED) is 0.195. The fourth-order valence-corrected chi connectivity index (χ4v) is 4.49. The summed E-state index contributed by atoms with van der Waals surface area (Å²) in [6.45, 7) is -1.42. The molecule has 2 heterocycles. The Kier molecular flexibility index (Phi) is 7.45. The first-order valence-corrected chi connectivity index (χ1v) is 11.1. The van der Waals surface area contributed by atoms with Crippen molar-refractivity contribution in [3.8, 4) is 5.75 Å². The maximum atomic E-state index is 14.0. The first-order valence-electron chi connectivity index (χ1n) is 10.7. The SMILES string of the molecule is Cc1cc(F)ccc1N1c2c(c(Cl)nc3c(OCCF)cccc23)CC1(OCCF)OCCF. The van der Waals surface area contributed by atoms with Crippen molar-refractivity contribution in [2.45, 2.75) is 19.3 Å². The van der Waals surface area contributed by atoms with Gasteiger partial charge in [0.2, 0.25) is 0 Å². The fraction of sp³-hybridized carbons (Fsp3) is 0.375. The van der Waals surface area contributed by atoms with Crippen molar-refractivity contribution >= 4 is 33.9 Å². The first kappa shape index (κ1) is 24.5. The molecule has 5 nitrogen and oxygen atoms in total. The van der Waals surface area contributed by atoms with Crippen LogP contribution in [-0.4, -0.2) is 50.7 Å². The van der Waals surface area contributed by atoms with Crippen molar-refractivity contribution in [3.05, 3.63) is 58.5 Å². The summed E-state index contributed by atoms with van der Waals surface area (Å²) in [5.74, 6) is -1.78. The Morgan fingerprint density at radius 2 is 1.74 bits per heavy atom. The van der Waals surface area contributed by atoms with E-state index in [9.17, 15) is 17.6 Å². The topological polar surface area (TPSA) is 43.8 Å². The van der Waals surface area contributed by atoms with Crippen LogP contribution in [0.15, 0.2) is 36.4 Å². The third-order valence-electron chi connectivity index (χ3n) is 5.51. The zero-order chi connectivity index (χ0) is 24.3. The lowest BCUT2D eigenvalue weighted by Crippen LogP contribution is -2.50. The lowest BCUT2D eigenvalue weighted by atomic mass is 10.1. The van der Waals surface area contributed by atoms with Crippen LogP contribution in [0.25, 0.3) is 10.9 Å². The monoisotopic (exact) mass is 498 g/mol. The van der Waals surface area contributed by atoms with Gasteiger partial charge in [-0.3, -0.25) is 4.90 Å². The van der Waals surface area contributed by atoms with Crippen molar-refractivity contribution in [3.63, 3.8) is 0 Å². The van der Waals surface area contributed by atoms with E-state index in [0.29, 0.717) is 39.2 Å². The molecule has 34 heavy (non-hydrogen) atoms. The molecule has 1 aromatic heterocycles. The molecule has 0 aliphatic carbocycles. The molecule has 0 amide bonds. The van der Waals surface area contributed by atoms with Crippen molar-refractivity contribution in [1.29, 1.82) is 0 Å². The highest BCUT2D eigenvalue weighted by molar-refractivity contribution is 6.31. The van der Waals surface area contributed by atoms with E-state index in [1.165, 1.54) is 18.2 Å². The van der Waals surface area contributed by atoms with E-state index >= 15 is 0 Å². The van der Waals surface area contributed by atoms with Crippen LogP contribution in [0.3, 0.4) is 0 Å². The summed E-state index contributed by atoms with van der Waals surface area (Å²) in [5.41, 5.74) is 2.45. The molecule has 0 spiro atoms. The van der Waals surface area contributed by atoms with Gasteiger partial charge >= 0.3 is 0 Å². The molecular weight excluding hydrogens is 476 g/mol. The average molecular weight is 499 g/mol. The summed E-state index contributed by atoms with van der Waals surface area (Å²) in [6, 6.07) is 9.27. The number of rotatable bonds is 10. The number of para-hydroxylation sites is 1. The van der Waals surface area contributed by atoms with Crippen LogP contribution >= 0.6 is 11.6 Å². The van der Waals surface area contributed by atoms with E-state index in [-0.39, 0.29) is 31.4 Å². The Morgan fingerprint density at radius 3 is 2.38 bits per heavy atom. The van der Waals surface area contributed by atoms with Crippen LogP contribution in [0.1, 0.15) is 11.1 Å². The standard InChI is InChI=1S/C24H23ClF4N2O3/c1-15-13-16(29)5-6-19(15)31-22-17-3-2-4-20(32-10-7-26)21(17)30-23(25)18(22)14-24(31,33-11-8-27)34-12-9-28/h2-6,13H,7-12,14H2,1H3. The number of hydrogen-bond donors (Lipinski definition) is 0. The summed E-state index contributed by atoms with van der Waals surface area (Å²) in [6.07, 6.45) is 0.0104. The van der Waals surface area contributed by atoms with Gasteiger partial charge < -0.3 is 14.2 Å². The van der Waals surface area contributed by atoms with Crippen LogP contribution in [-0.2, 0) is 15.9 Å². The molecule has 2 aromatic carbocycles. The van der Waals surface area contributed by atoms with Gasteiger partial charge in [0.05, 0.1) is 25.3 Å². The molecule has 10 heteroatoms. The molecule has 0 saturated heterocycles. The molecule has 1 aliphatic rings. The molecule has 3 aromatic rings. The zero-order valence-electron chi connectivity index (χ0n) is 18.4. The van der Waals surface area contributed by atoms with E-state index in [4.69, 9.17) is 25.8 Å². The molecule has 0 fully saturated rings. The molecule has 0 atom stereocenters. The number of hydrogen-bond acceptors (Lipinski definition) is 5. The number of aromatic nitrogens is 1. The van der Waals surface area contributed by atoms with Crippen molar-refractivity contribution < 1.29 is 31.8 Å². The van der Waals surface area contributed by atoms with E-state index in [1.807, 2.05) is 0 Å². The number of fused-ring (bicyclic) bond motifs is 3. The molecule has 1 aliphatic heterocycles. The number of alkyl halides is 3. The molecule has 4 rings (SSSR count).